The summed E-state index contributed by atoms with van der Waals surface area (Å²) in [5.41, 5.74) is 6.53. The predicted molar refractivity (Wildman–Crippen MR) is 177 cm³/mol. The molecule has 8 nitrogen and oxygen atoms in total. The predicted octanol–water partition coefficient (Wildman–Crippen LogP) is 4.24. The Bertz CT molecular complexity index is 1500. The van der Waals surface area contributed by atoms with Gasteiger partial charge in [0.25, 0.3) is 0 Å². The van der Waals surface area contributed by atoms with Crippen molar-refractivity contribution in [3.8, 4) is 0 Å². The lowest BCUT2D eigenvalue weighted by atomic mass is 9.94. The van der Waals surface area contributed by atoms with Crippen LogP contribution in [0.4, 0.5) is 4.39 Å². The van der Waals surface area contributed by atoms with Crippen LogP contribution in [0.5, 0.6) is 0 Å². The molecule has 0 aliphatic carbocycles. The molecule has 0 radical (unpaired) electrons. The molecule has 0 bridgehead atoms. The Morgan fingerprint density at radius 3 is 2.11 bits per heavy atom. The molecule has 0 heterocycles. The van der Waals surface area contributed by atoms with E-state index in [0.717, 1.165) is 16.3 Å². The molecule has 3 amide bonds. The first-order chi connectivity index (χ1) is 21.1. The van der Waals surface area contributed by atoms with Gasteiger partial charge in [0.2, 0.25) is 17.7 Å². The van der Waals surface area contributed by atoms with Gasteiger partial charge in [0.1, 0.15) is 17.9 Å². The average Bonchev–Trinajstić information content (AvgIpc) is 3.00. The second-order valence-corrected chi connectivity index (χ2v) is 13.3. The van der Waals surface area contributed by atoms with Gasteiger partial charge in [-0.15, -0.1) is 0 Å². The van der Waals surface area contributed by atoms with Gasteiger partial charge >= 0.3 is 0 Å². The molecule has 9 heteroatoms. The summed E-state index contributed by atoms with van der Waals surface area (Å²) in [6, 6.07) is 17.7. The number of carbonyl (C=O) groups excluding carboxylic acids is 3. The van der Waals surface area contributed by atoms with E-state index >= 15 is 0 Å². The van der Waals surface area contributed by atoms with Gasteiger partial charge < -0.3 is 26.0 Å². The van der Waals surface area contributed by atoms with E-state index in [9.17, 15) is 23.9 Å². The fourth-order valence-electron chi connectivity index (χ4n) is 4.85. The third kappa shape index (κ3) is 10.5. The second-order valence-electron chi connectivity index (χ2n) is 13.3. The average molecular weight is 619 g/mol. The number of likely N-dealkylation sites (N-methyl/N-ethyl adjacent to an activating group) is 2. The summed E-state index contributed by atoms with van der Waals surface area (Å²) in [6.45, 7) is 7.40. The van der Waals surface area contributed by atoms with Crippen molar-refractivity contribution in [2.45, 2.75) is 64.6 Å². The maximum Gasteiger partial charge on any atom is 0.246 e. The van der Waals surface area contributed by atoms with E-state index in [2.05, 4.69) is 5.32 Å². The topological polar surface area (TPSA) is 116 Å². The zero-order valence-electron chi connectivity index (χ0n) is 27.2. The highest BCUT2D eigenvalue weighted by Gasteiger charge is 2.35. The van der Waals surface area contributed by atoms with Crippen LogP contribution in [0.2, 0.25) is 0 Å². The van der Waals surface area contributed by atoms with Crippen LogP contribution >= 0.6 is 0 Å². The number of amides is 3. The molecule has 242 valence electrons. The molecule has 45 heavy (non-hydrogen) atoms. The fraction of sp³-hybridized carbons (Fsp3) is 0.417. The number of rotatable bonds is 14. The number of nitrogens with two attached hydrogens (primary N) is 1. The number of carbonyl (C=O) groups is 3. The van der Waals surface area contributed by atoms with Gasteiger partial charge in [0, 0.05) is 51.0 Å². The number of hydrogen-bond donors (Lipinski definition) is 3. The van der Waals surface area contributed by atoms with Crippen LogP contribution in [-0.4, -0.2) is 77.5 Å². The quantitative estimate of drug-likeness (QED) is 0.234. The highest BCUT2D eigenvalue weighted by atomic mass is 19.1. The number of aliphatic hydroxyl groups excluding tert-OH is 1. The van der Waals surface area contributed by atoms with Crippen molar-refractivity contribution in [3.63, 3.8) is 0 Å². The maximum absolute atomic E-state index is 14.3. The van der Waals surface area contributed by atoms with Crippen LogP contribution in [0.3, 0.4) is 0 Å². The van der Waals surface area contributed by atoms with Crippen molar-refractivity contribution in [3.05, 3.63) is 95.8 Å². The Morgan fingerprint density at radius 1 is 0.889 bits per heavy atom. The summed E-state index contributed by atoms with van der Waals surface area (Å²) in [7, 11) is 3.13. The van der Waals surface area contributed by atoms with Crippen LogP contribution in [0.1, 0.15) is 45.2 Å². The van der Waals surface area contributed by atoms with Crippen LogP contribution in [0, 0.1) is 11.2 Å². The molecular formula is C36H47FN4O4. The largest absolute Gasteiger partial charge is 0.396 e. The van der Waals surface area contributed by atoms with E-state index in [4.69, 9.17) is 5.73 Å². The molecule has 0 aliphatic heterocycles. The normalized spacial score (nSPS) is 13.4. The number of halogens is 1. The third-order valence-electron chi connectivity index (χ3n) is 7.88. The van der Waals surface area contributed by atoms with E-state index in [1.54, 1.807) is 32.3 Å². The molecule has 0 spiro atoms. The molecule has 0 fully saturated rings. The van der Waals surface area contributed by atoms with Crippen LogP contribution in [0.25, 0.3) is 10.8 Å². The number of benzene rings is 3. The second kappa shape index (κ2) is 15.3. The van der Waals surface area contributed by atoms with Crippen LogP contribution in [0.15, 0.2) is 78.9 Å². The SMILES string of the molecule is CN(C(=O)/C=C/CC(C)(C)N)[C@H](Cc1ccc2ccccc2c1)C(=O)N(C)[C@H](Cc1ccc(F)cc1)C(=O)NCC(C)(C)CO. The number of fused-ring (bicyclic) bond motifs is 1. The number of hydrogen-bond acceptors (Lipinski definition) is 5. The highest BCUT2D eigenvalue weighted by Crippen LogP contribution is 2.21. The Kier molecular flexibility index (Phi) is 12.0. The minimum atomic E-state index is -0.964. The minimum absolute atomic E-state index is 0.125. The molecule has 3 aromatic rings. The first-order valence-electron chi connectivity index (χ1n) is 15.2. The lowest BCUT2D eigenvalue weighted by Crippen LogP contribution is -2.56. The van der Waals surface area contributed by atoms with Gasteiger partial charge in [0.15, 0.2) is 0 Å². The van der Waals surface area contributed by atoms with Gasteiger partial charge in [-0.05, 0) is 60.4 Å². The summed E-state index contributed by atoms with van der Waals surface area (Å²) < 4.78 is 13.7. The van der Waals surface area contributed by atoms with Gasteiger partial charge in [-0.3, -0.25) is 14.4 Å². The molecule has 0 unspecified atom stereocenters. The molecule has 3 aromatic carbocycles. The molecule has 4 N–H and O–H groups in total. The van der Waals surface area contributed by atoms with Crippen molar-refractivity contribution in [2.24, 2.45) is 11.1 Å². The number of nitrogens with zero attached hydrogens (tertiary/aromatic N) is 2. The molecule has 0 aliphatic rings. The molecule has 0 aromatic heterocycles. The van der Waals surface area contributed by atoms with Crippen molar-refractivity contribution in [1.29, 1.82) is 0 Å². The summed E-state index contributed by atoms with van der Waals surface area (Å²) in [5.74, 6) is -1.61. The van der Waals surface area contributed by atoms with Crippen molar-refractivity contribution >= 4 is 28.5 Å². The summed E-state index contributed by atoms with van der Waals surface area (Å²) in [6.07, 6.45) is 3.94. The van der Waals surface area contributed by atoms with E-state index in [-0.39, 0.29) is 31.9 Å². The fourth-order valence-corrected chi connectivity index (χ4v) is 4.85. The van der Waals surface area contributed by atoms with Gasteiger partial charge in [-0.2, -0.15) is 0 Å². The Hall–Kier alpha value is -4.08. The molecular weight excluding hydrogens is 571 g/mol. The van der Waals surface area contributed by atoms with Crippen LogP contribution in [-0.2, 0) is 27.2 Å². The van der Waals surface area contributed by atoms with Crippen molar-refractivity contribution in [1.82, 2.24) is 15.1 Å². The van der Waals surface area contributed by atoms with E-state index in [1.165, 1.54) is 28.0 Å². The lowest BCUT2D eigenvalue weighted by molar-refractivity contribution is -0.146. The number of aliphatic hydroxyl groups is 1. The number of nitrogens with one attached hydrogen (secondary N) is 1. The molecule has 3 rings (SSSR count). The first kappa shape index (κ1) is 35.4. The van der Waals surface area contributed by atoms with Gasteiger partial charge in [-0.1, -0.05) is 74.5 Å². The zero-order chi connectivity index (χ0) is 33.4. The van der Waals surface area contributed by atoms with E-state index in [1.807, 2.05) is 70.2 Å². The Balaban J connectivity index is 1.97. The van der Waals surface area contributed by atoms with Crippen LogP contribution < -0.4 is 11.1 Å². The Labute approximate surface area is 266 Å². The van der Waals surface area contributed by atoms with Gasteiger partial charge in [-0.25, -0.2) is 4.39 Å². The molecule has 0 saturated heterocycles. The smallest absolute Gasteiger partial charge is 0.246 e. The summed E-state index contributed by atoms with van der Waals surface area (Å²) in [5, 5.41) is 14.6. The summed E-state index contributed by atoms with van der Waals surface area (Å²) in [4.78, 5) is 44.1. The Morgan fingerprint density at radius 2 is 1.49 bits per heavy atom. The highest BCUT2D eigenvalue weighted by molar-refractivity contribution is 5.95. The summed E-state index contributed by atoms with van der Waals surface area (Å²) >= 11 is 0. The van der Waals surface area contributed by atoms with E-state index in [0.29, 0.717) is 12.0 Å². The van der Waals surface area contributed by atoms with Crippen molar-refractivity contribution < 1.29 is 23.9 Å². The third-order valence-corrected chi connectivity index (χ3v) is 7.88. The molecule has 0 saturated carbocycles. The molecule has 2 atom stereocenters. The van der Waals surface area contributed by atoms with Gasteiger partial charge in [0.05, 0.1) is 0 Å². The monoisotopic (exact) mass is 618 g/mol. The van der Waals surface area contributed by atoms with E-state index < -0.39 is 40.7 Å². The maximum atomic E-state index is 14.3. The minimum Gasteiger partial charge on any atom is -0.396 e. The lowest BCUT2D eigenvalue weighted by Gasteiger charge is -2.35. The standard InChI is InChI=1S/C36H47FN4O4/c1-35(2,24-42)23-39-33(44)30(21-25-14-17-29(37)18-15-25)41(6)34(45)31(40(5)32(43)12-9-19-36(3,4)38)22-26-13-16-27-10-7-8-11-28(27)20-26/h7-18,20,30-31,42H,19,21-24,38H2,1-6H3,(H,39,44)/b12-9+/t30-,31-/m1/s1. The zero-order valence-corrected chi connectivity index (χ0v) is 27.2. The first-order valence-corrected chi connectivity index (χ1v) is 15.2. The van der Waals surface area contributed by atoms with Crippen molar-refractivity contribution in [2.75, 3.05) is 27.2 Å².